The Morgan fingerprint density at radius 2 is 1.68 bits per heavy atom. The van der Waals surface area contributed by atoms with Crippen molar-refractivity contribution in [3.8, 4) is 5.75 Å². The number of carbonyl (C=O) groups is 1. The number of ether oxygens (including phenoxy) is 1. The second-order valence-corrected chi connectivity index (χ2v) is 11.2. The SMILES string of the molecule is CCCS(=O)(=O)N1CCN(C2(CNC(=O)c3c(F)cccc3OC(F)(F)F)CCC(F)(F)CC2)CC1.Cl. The van der Waals surface area contributed by atoms with E-state index in [0.29, 0.717) is 6.42 Å². The highest BCUT2D eigenvalue weighted by Crippen LogP contribution is 2.42. The van der Waals surface area contributed by atoms with Crippen molar-refractivity contribution in [3.63, 3.8) is 0 Å². The lowest BCUT2D eigenvalue weighted by molar-refractivity contribution is -0.274. The number of alkyl halides is 5. The molecule has 212 valence electrons. The van der Waals surface area contributed by atoms with Crippen LogP contribution in [0.2, 0.25) is 0 Å². The summed E-state index contributed by atoms with van der Waals surface area (Å²) in [5.41, 5.74) is -1.93. The summed E-state index contributed by atoms with van der Waals surface area (Å²) < 4.78 is 110. The number of nitrogens with zero attached hydrogens (tertiary/aromatic N) is 2. The van der Waals surface area contributed by atoms with Gasteiger partial charge in [0, 0.05) is 51.1 Å². The van der Waals surface area contributed by atoms with E-state index in [1.54, 1.807) is 6.92 Å². The van der Waals surface area contributed by atoms with Gasteiger partial charge < -0.3 is 10.1 Å². The van der Waals surface area contributed by atoms with E-state index < -0.39 is 63.7 Å². The highest BCUT2D eigenvalue weighted by atomic mass is 35.5. The van der Waals surface area contributed by atoms with Gasteiger partial charge in [0.25, 0.3) is 5.91 Å². The van der Waals surface area contributed by atoms with Crippen LogP contribution in [0.25, 0.3) is 0 Å². The van der Waals surface area contributed by atoms with Crippen LogP contribution >= 0.6 is 12.4 Å². The van der Waals surface area contributed by atoms with Crippen molar-refractivity contribution in [2.24, 2.45) is 0 Å². The van der Waals surface area contributed by atoms with Gasteiger partial charge in [-0.1, -0.05) is 13.0 Å². The molecule has 37 heavy (non-hydrogen) atoms. The summed E-state index contributed by atoms with van der Waals surface area (Å²) in [7, 11) is -3.44. The van der Waals surface area contributed by atoms with E-state index in [2.05, 4.69) is 10.1 Å². The molecule has 0 radical (unpaired) electrons. The average Bonchev–Trinajstić information content (AvgIpc) is 2.78. The van der Waals surface area contributed by atoms with Gasteiger partial charge >= 0.3 is 6.36 Å². The molecule has 1 saturated heterocycles. The molecule has 3 rings (SSSR count). The first-order valence-corrected chi connectivity index (χ1v) is 13.2. The van der Waals surface area contributed by atoms with E-state index in [1.807, 2.05) is 4.90 Å². The fourth-order valence-corrected chi connectivity index (χ4v) is 6.27. The topological polar surface area (TPSA) is 79.0 Å². The Labute approximate surface area is 218 Å². The molecule has 1 N–H and O–H groups in total. The maximum absolute atomic E-state index is 14.3. The Hall–Kier alpha value is -1.77. The molecule has 7 nitrogen and oxygen atoms in total. The van der Waals surface area contributed by atoms with E-state index in [4.69, 9.17) is 0 Å². The number of benzene rings is 1. The number of hydrogen-bond donors (Lipinski definition) is 1. The Morgan fingerprint density at radius 3 is 2.22 bits per heavy atom. The van der Waals surface area contributed by atoms with Crippen LogP contribution in [0.4, 0.5) is 26.3 Å². The summed E-state index contributed by atoms with van der Waals surface area (Å²) in [6.45, 7) is 2.26. The van der Waals surface area contributed by atoms with Gasteiger partial charge in [-0.2, -0.15) is 4.31 Å². The van der Waals surface area contributed by atoms with Gasteiger partial charge in [0.2, 0.25) is 15.9 Å². The summed E-state index contributed by atoms with van der Waals surface area (Å²) in [5.74, 6) is -6.33. The van der Waals surface area contributed by atoms with Gasteiger partial charge in [-0.3, -0.25) is 9.69 Å². The molecule has 1 aromatic carbocycles. The minimum Gasteiger partial charge on any atom is -0.405 e. The van der Waals surface area contributed by atoms with Crippen molar-refractivity contribution in [1.82, 2.24) is 14.5 Å². The highest BCUT2D eigenvalue weighted by Gasteiger charge is 2.48. The third kappa shape index (κ3) is 7.87. The number of halogens is 7. The fourth-order valence-electron chi connectivity index (χ4n) is 4.78. The van der Waals surface area contributed by atoms with Gasteiger partial charge in [-0.05, 0) is 31.4 Å². The van der Waals surface area contributed by atoms with Gasteiger partial charge in [-0.15, -0.1) is 25.6 Å². The van der Waals surface area contributed by atoms with Crippen molar-refractivity contribution in [2.75, 3.05) is 38.5 Å². The van der Waals surface area contributed by atoms with Crippen molar-refractivity contribution in [2.45, 2.75) is 56.9 Å². The van der Waals surface area contributed by atoms with E-state index in [0.717, 1.165) is 18.2 Å². The summed E-state index contributed by atoms with van der Waals surface area (Å²) in [4.78, 5) is 14.6. The largest absolute Gasteiger partial charge is 0.573 e. The maximum atomic E-state index is 14.3. The molecule has 0 spiro atoms. The molecule has 1 aliphatic carbocycles. The van der Waals surface area contributed by atoms with Crippen LogP contribution in [0.5, 0.6) is 5.75 Å². The predicted octanol–water partition coefficient (Wildman–Crippen LogP) is 4.18. The van der Waals surface area contributed by atoms with Crippen molar-refractivity contribution in [1.29, 1.82) is 0 Å². The fraction of sp³-hybridized carbons (Fsp3) is 0.682. The quantitative estimate of drug-likeness (QED) is 0.466. The van der Waals surface area contributed by atoms with Crippen LogP contribution in [-0.2, 0) is 10.0 Å². The predicted molar refractivity (Wildman–Crippen MR) is 126 cm³/mol. The minimum absolute atomic E-state index is 0. The van der Waals surface area contributed by atoms with E-state index in [9.17, 15) is 39.6 Å². The smallest absolute Gasteiger partial charge is 0.405 e. The Kier molecular flexibility index (Phi) is 10.2. The van der Waals surface area contributed by atoms with Crippen LogP contribution in [0.3, 0.4) is 0 Å². The number of hydrogen-bond acceptors (Lipinski definition) is 5. The summed E-state index contributed by atoms with van der Waals surface area (Å²) in [6.07, 6.45) is -5.73. The van der Waals surface area contributed by atoms with Crippen molar-refractivity contribution < 1.29 is 44.3 Å². The Morgan fingerprint density at radius 1 is 1.08 bits per heavy atom. The lowest BCUT2D eigenvalue weighted by Gasteiger charge is -2.50. The lowest BCUT2D eigenvalue weighted by atomic mass is 9.78. The second-order valence-electron chi connectivity index (χ2n) is 9.13. The van der Waals surface area contributed by atoms with Gasteiger partial charge in [0.15, 0.2) is 0 Å². The number of sulfonamides is 1. The van der Waals surface area contributed by atoms with Gasteiger partial charge in [0.05, 0.1) is 5.75 Å². The molecule has 1 aliphatic heterocycles. The van der Waals surface area contributed by atoms with Crippen LogP contribution in [0.1, 0.15) is 49.4 Å². The van der Waals surface area contributed by atoms with Crippen LogP contribution in [-0.4, -0.2) is 79.8 Å². The number of nitrogens with one attached hydrogen (secondary N) is 1. The first-order chi connectivity index (χ1) is 16.7. The summed E-state index contributed by atoms with van der Waals surface area (Å²) >= 11 is 0. The first-order valence-electron chi connectivity index (χ1n) is 11.6. The number of piperazine rings is 1. The number of rotatable bonds is 8. The molecule has 1 amide bonds. The zero-order chi connectivity index (χ0) is 26.8. The zero-order valence-corrected chi connectivity index (χ0v) is 21.8. The Balaban J connectivity index is 0.00000481. The van der Waals surface area contributed by atoms with Crippen molar-refractivity contribution in [3.05, 3.63) is 29.6 Å². The molecular weight excluding hydrogens is 552 g/mol. The Bertz CT molecular complexity index is 1040. The number of amides is 1. The minimum atomic E-state index is -5.16. The third-order valence-corrected chi connectivity index (χ3v) is 8.76. The molecule has 15 heteroatoms. The molecule has 2 fully saturated rings. The monoisotopic (exact) mass is 581 g/mol. The average molecular weight is 582 g/mol. The zero-order valence-electron chi connectivity index (χ0n) is 20.1. The maximum Gasteiger partial charge on any atom is 0.573 e. The normalized spacial score (nSPS) is 20.6. The molecule has 1 heterocycles. The molecule has 0 unspecified atom stereocenters. The van der Waals surface area contributed by atoms with Crippen LogP contribution in [0.15, 0.2) is 18.2 Å². The van der Waals surface area contributed by atoms with Crippen LogP contribution in [0, 0.1) is 5.82 Å². The first kappa shape index (κ1) is 31.4. The molecule has 1 saturated carbocycles. The molecule has 2 aliphatic rings. The van der Waals surface area contributed by atoms with Crippen LogP contribution < -0.4 is 10.1 Å². The molecule has 0 bridgehead atoms. The molecule has 0 aromatic heterocycles. The second kappa shape index (κ2) is 12.0. The molecular formula is C22H30ClF6N3O4S. The molecule has 0 atom stereocenters. The molecule has 1 aromatic rings. The van der Waals surface area contributed by atoms with Gasteiger partial charge in [-0.25, -0.2) is 21.6 Å². The van der Waals surface area contributed by atoms with E-state index in [1.165, 1.54) is 4.31 Å². The number of carbonyl (C=O) groups excluding carboxylic acids is 1. The standard InChI is InChI=1S/C22H29F6N3O4S.ClH/c1-2-14-36(33,34)31-12-10-30(11-13-31)20(6-8-21(24,25)9-7-20)15-29-19(32)18-16(23)4-3-5-17(18)35-22(26,27)28;/h3-5H,2,6-15H2,1H3,(H,29,32);1H. The lowest BCUT2D eigenvalue weighted by Crippen LogP contribution is -2.63. The van der Waals surface area contributed by atoms with E-state index in [-0.39, 0.29) is 63.7 Å². The summed E-state index contributed by atoms with van der Waals surface area (Å²) in [5, 5.41) is 2.42. The van der Waals surface area contributed by atoms with Gasteiger partial charge in [0.1, 0.15) is 17.1 Å². The summed E-state index contributed by atoms with van der Waals surface area (Å²) in [6, 6.07) is 2.58. The highest BCUT2D eigenvalue weighted by molar-refractivity contribution is 7.89. The third-order valence-electron chi connectivity index (χ3n) is 6.68. The van der Waals surface area contributed by atoms with Crippen molar-refractivity contribution >= 4 is 28.3 Å². The van der Waals surface area contributed by atoms with E-state index >= 15 is 0 Å².